The Bertz CT molecular complexity index is 563. The van der Waals surface area contributed by atoms with E-state index in [1.807, 2.05) is 13.8 Å². The molecular weight excluding hydrogens is 232 g/mol. The third kappa shape index (κ3) is 2.48. The topological polar surface area (TPSA) is 80.0 Å². The van der Waals surface area contributed by atoms with E-state index in [2.05, 4.69) is 15.4 Å². The maximum atomic E-state index is 11.9. The second kappa shape index (κ2) is 4.87. The number of hydrogen-bond donors (Lipinski definition) is 2. The quantitative estimate of drug-likeness (QED) is 0.865. The van der Waals surface area contributed by atoms with E-state index < -0.39 is 0 Å². The normalized spacial score (nSPS) is 10.6. The van der Waals surface area contributed by atoms with Gasteiger partial charge in [0.2, 0.25) is 0 Å². The van der Waals surface area contributed by atoms with Gasteiger partial charge >= 0.3 is 0 Å². The van der Waals surface area contributed by atoms with Gasteiger partial charge in [-0.2, -0.15) is 5.10 Å². The highest BCUT2D eigenvalue weighted by molar-refractivity contribution is 6.03. The molecule has 0 saturated heterocycles. The third-order valence-corrected chi connectivity index (χ3v) is 2.39. The Morgan fingerprint density at radius 1 is 1.44 bits per heavy atom. The predicted octanol–water partition coefficient (Wildman–Crippen LogP) is 1.82. The van der Waals surface area contributed by atoms with Crippen molar-refractivity contribution in [3.63, 3.8) is 0 Å². The van der Waals surface area contributed by atoms with Crippen LogP contribution in [-0.2, 0) is 0 Å². The van der Waals surface area contributed by atoms with Crippen LogP contribution in [0.25, 0.3) is 0 Å². The van der Waals surface area contributed by atoms with Crippen LogP contribution in [0, 0.1) is 0 Å². The Kier molecular flexibility index (Phi) is 3.27. The second-order valence-electron chi connectivity index (χ2n) is 4.14. The van der Waals surface area contributed by atoms with E-state index in [-0.39, 0.29) is 17.7 Å². The lowest BCUT2D eigenvalue weighted by Gasteiger charge is -2.11. The van der Waals surface area contributed by atoms with E-state index in [9.17, 15) is 9.90 Å². The first-order valence-electron chi connectivity index (χ1n) is 5.57. The third-order valence-electron chi connectivity index (χ3n) is 2.39. The van der Waals surface area contributed by atoms with Crippen molar-refractivity contribution >= 4 is 11.7 Å². The molecule has 0 atom stereocenters. The molecule has 2 aromatic heterocycles. The molecular formula is C12H14N4O2. The van der Waals surface area contributed by atoms with E-state index in [1.54, 1.807) is 16.9 Å². The van der Waals surface area contributed by atoms with Crippen LogP contribution in [0.4, 0.5) is 5.82 Å². The number of carbonyl (C=O) groups excluding carboxylic acids is 1. The Morgan fingerprint density at radius 2 is 2.22 bits per heavy atom. The lowest BCUT2D eigenvalue weighted by molar-refractivity contribution is 0.102. The smallest absolute Gasteiger partial charge is 0.258 e. The number of aromatic hydroxyl groups is 1. The number of aromatic nitrogens is 3. The summed E-state index contributed by atoms with van der Waals surface area (Å²) < 4.78 is 1.70. The first-order chi connectivity index (χ1) is 8.58. The Hall–Kier alpha value is -2.37. The zero-order valence-corrected chi connectivity index (χ0v) is 10.2. The van der Waals surface area contributed by atoms with Crippen molar-refractivity contribution in [1.29, 1.82) is 0 Å². The zero-order chi connectivity index (χ0) is 13.1. The molecule has 0 fully saturated rings. The van der Waals surface area contributed by atoms with Gasteiger partial charge in [-0.15, -0.1) is 0 Å². The lowest BCUT2D eigenvalue weighted by Crippen LogP contribution is -2.16. The standard InChI is InChI=1S/C12H14N4O2/c1-8(2)16-11(3-4-14-16)15-12(18)9-5-10(17)7-13-6-9/h3-8,17H,1-2H3,(H,15,18). The van der Waals surface area contributed by atoms with Gasteiger partial charge in [-0.1, -0.05) is 0 Å². The molecule has 0 aliphatic heterocycles. The Balaban J connectivity index is 2.19. The van der Waals surface area contributed by atoms with E-state index in [0.717, 1.165) is 0 Å². The van der Waals surface area contributed by atoms with E-state index >= 15 is 0 Å². The van der Waals surface area contributed by atoms with Crippen molar-refractivity contribution in [3.05, 3.63) is 36.3 Å². The average molecular weight is 246 g/mol. The number of carbonyl (C=O) groups is 1. The minimum absolute atomic E-state index is 0.0417. The number of pyridine rings is 1. The molecule has 6 nitrogen and oxygen atoms in total. The van der Waals surface area contributed by atoms with Crippen molar-refractivity contribution in [2.24, 2.45) is 0 Å². The summed E-state index contributed by atoms with van der Waals surface area (Å²) in [5, 5.41) is 16.1. The fraction of sp³-hybridized carbons (Fsp3) is 0.250. The van der Waals surface area contributed by atoms with E-state index in [1.165, 1.54) is 18.5 Å². The fourth-order valence-electron chi connectivity index (χ4n) is 1.57. The van der Waals surface area contributed by atoms with Crippen LogP contribution < -0.4 is 5.32 Å². The second-order valence-corrected chi connectivity index (χ2v) is 4.14. The van der Waals surface area contributed by atoms with Gasteiger partial charge in [0, 0.05) is 18.3 Å². The number of anilines is 1. The van der Waals surface area contributed by atoms with Crippen molar-refractivity contribution in [1.82, 2.24) is 14.8 Å². The van der Waals surface area contributed by atoms with Crippen LogP contribution in [0.3, 0.4) is 0 Å². The Morgan fingerprint density at radius 3 is 2.89 bits per heavy atom. The molecule has 0 aromatic carbocycles. The molecule has 0 spiro atoms. The van der Waals surface area contributed by atoms with Crippen molar-refractivity contribution in [2.45, 2.75) is 19.9 Å². The van der Waals surface area contributed by atoms with Gasteiger partial charge in [0.1, 0.15) is 11.6 Å². The maximum Gasteiger partial charge on any atom is 0.258 e. The van der Waals surface area contributed by atoms with Gasteiger partial charge in [-0.3, -0.25) is 9.78 Å². The largest absolute Gasteiger partial charge is 0.506 e. The molecule has 0 radical (unpaired) electrons. The average Bonchev–Trinajstić information content (AvgIpc) is 2.77. The molecule has 2 rings (SSSR count). The Labute approximate surface area is 104 Å². The summed E-state index contributed by atoms with van der Waals surface area (Å²) in [5.41, 5.74) is 0.298. The zero-order valence-electron chi connectivity index (χ0n) is 10.2. The number of amides is 1. The summed E-state index contributed by atoms with van der Waals surface area (Å²) in [7, 11) is 0. The molecule has 0 bridgehead atoms. The van der Waals surface area contributed by atoms with Gasteiger partial charge in [0.05, 0.1) is 18.0 Å². The first-order valence-corrected chi connectivity index (χ1v) is 5.57. The van der Waals surface area contributed by atoms with E-state index in [0.29, 0.717) is 11.4 Å². The summed E-state index contributed by atoms with van der Waals surface area (Å²) in [6.07, 6.45) is 4.29. The van der Waals surface area contributed by atoms with Crippen LogP contribution in [0.15, 0.2) is 30.7 Å². The van der Waals surface area contributed by atoms with Gasteiger partial charge in [0.15, 0.2) is 0 Å². The maximum absolute atomic E-state index is 11.9. The molecule has 6 heteroatoms. The van der Waals surface area contributed by atoms with Crippen molar-refractivity contribution < 1.29 is 9.90 Å². The SMILES string of the molecule is CC(C)n1nccc1NC(=O)c1cncc(O)c1. The van der Waals surface area contributed by atoms with Crippen LogP contribution in [0.5, 0.6) is 5.75 Å². The summed E-state index contributed by atoms with van der Waals surface area (Å²) in [5.74, 6) is 0.235. The number of nitrogens with zero attached hydrogens (tertiary/aromatic N) is 3. The van der Waals surface area contributed by atoms with E-state index in [4.69, 9.17) is 0 Å². The van der Waals surface area contributed by atoms with Crippen molar-refractivity contribution in [2.75, 3.05) is 5.32 Å². The molecule has 2 N–H and O–H groups in total. The highest BCUT2D eigenvalue weighted by Gasteiger charge is 2.11. The van der Waals surface area contributed by atoms with Gasteiger partial charge in [-0.05, 0) is 19.9 Å². The first kappa shape index (κ1) is 12.1. The highest BCUT2D eigenvalue weighted by Crippen LogP contribution is 2.15. The molecule has 0 aliphatic carbocycles. The van der Waals surface area contributed by atoms with Gasteiger partial charge in [-0.25, -0.2) is 4.68 Å². The summed E-state index contributed by atoms with van der Waals surface area (Å²) >= 11 is 0. The van der Waals surface area contributed by atoms with Crippen molar-refractivity contribution in [3.8, 4) is 5.75 Å². The number of hydrogen-bond acceptors (Lipinski definition) is 4. The number of nitrogens with one attached hydrogen (secondary N) is 1. The molecule has 2 heterocycles. The summed E-state index contributed by atoms with van der Waals surface area (Å²) in [6.45, 7) is 3.94. The summed E-state index contributed by atoms with van der Waals surface area (Å²) in [4.78, 5) is 15.7. The van der Waals surface area contributed by atoms with Gasteiger partial charge in [0.25, 0.3) is 5.91 Å². The fourth-order valence-corrected chi connectivity index (χ4v) is 1.57. The molecule has 18 heavy (non-hydrogen) atoms. The number of rotatable bonds is 3. The minimum Gasteiger partial charge on any atom is -0.506 e. The molecule has 0 saturated carbocycles. The van der Waals surface area contributed by atoms with Crippen LogP contribution in [0.2, 0.25) is 0 Å². The highest BCUT2D eigenvalue weighted by atomic mass is 16.3. The minimum atomic E-state index is -0.333. The summed E-state index contributed by atoms with van der Waals surface area (Å²) in [6, 6.07) is 3.23. The van der Waals surface area contributed by atoms with Crippen LogP contribution in [0.1, 0.15) is 30.2 Å². The van der Waals surface area contributed by atoms with Crippen LogP contribution in [-0.4, -0.2) is 25.8 Å². The molecule has 0 aliphatic rings. The molecule has 1 amide bonds. The monoisotopic (exact) mass is 246 g/mol. The predicted molar refractivity (Wildman–Crippen MR) is 66.5 cm³/mol. The lowest BCUT2D eigenvalue weighted by atomic mass is 10.2. The molecule has 94 valence electrons. The van der Waals surface area contributed by atoms with Crippen LogP contribution >= 0.6 is 0 Å². The molecule has 2 aromatic rings. The van der Waals surface area contributed by atoms with Gasteiger partial charge < -0.3 is 10.4 Å². The molecule has 0 unspecified atom stereocenters.